The van der Waals surface area contributed by atoms with Gasteiger partial charge in [0.2, 0.25) is 0 Å². The molecule has 4 heteroatoms. The summed E-state index contributed by atoms with van der Waals surface area (Å²) in [6.07, 6.45) is 5.96. The predicted molar refractivity (Wildman–Crippen MR) is 62.7 cm³/mol. The Morgan fingerprint density at radius 1 is 1.57 bits per heavy atom. The lowest BCUT2D eigenvalue weighted by Crippen LogP contribution is -2.19. The van der Waals surface area contributed by atoms with E-state index in [1.807, 2.05) is 24.3 Å². The first-order valence-corrected chi connectivity index (χ1v) is 6.35. The lowest BCUT2D eigenvalue weighted by molar-refractivity contribution is 0.556. The Morgan fingerprint density at radius 3 is 3.00 bits per heavy atom. The Morgan fingerprint density at radius 2 is 2.36 bits per heavy atom. The van der Waals surface area contributed by atoms with E-state index in [9.17, 15) is 0 Å². The van der Waals surface area contributed by atoms with E-state index in [0.29, 0.717) is 6.04 Å². The summed E-state index contributed by atoms with van der Waals surface area (Å²) in [5, 5.41) is 3.40. The summed E-state index contributed by atoms with van der Waals surface area (Å²) < 4.78 is 2.20. The third-order valence-electron chi connectivity index (χ3n) is 2.09. The number of hydrogen-bond donors (Lipinski definition) is 1. The van der Waals surface area contributed by atoms with Gasteiger partial charge in [-0.05, 0) is 20.1 Å². The SMILES string of the molecule is CSCCNCc1cncn1C(C)C. The zero-order valence-corrected chi connectivity index (χ0v) is 9.97. The molecule has 1 rings (SSSR count). The lowest BCUT2D eigenvalue weighted by Gasteiger charge is -2.11. The van der Waals surface area contributed by atoms with Crippen LogP contribution in [0.25, 0.3) is 0 Å². The van der Waals surface area contributed by atoms with Gasteiger partial charge in [0.15, 0.2) is 0 Å². The van der Waals surface area contributed by atoms with E-state index < -0.39 is 0 Å². The molecule has 0 aliphatic rings. The van der Waals surface area contributed by atoms with E-state index >= 15 is 0 Å². The fourth-order valence-electron chi connectivity index (χ4n) is 1.32. The van der Waals surface area contributed by atoms with E-state index in [0.717, 1.165) is 18.8 Å². The molecule has 0 radical (unpaired) electrons. The molecule has 0 spiro atoms. The highest BCUT2D eigenvalue weighted by Gasteiger charge is 2.03. The maximum Gasteiger partial charge on any atom is 0.0951 e. The van der Waals surface area contributed by atoms with E-state index in [1.165, 1.54) is 5.69 Å². The van der Waals surface area contributed by atoms with Crippen LogP contribution in [-0.2, 0) is 6.54 Å². The fraction of sp³-hybridized carbons (Fsp3) is 0.700. The summed E-state index contributed by atoms with van der Waals surface area (Å²) in [5.74, 6) is 1.16. The molecule has 1 aromatic heterocycles. The van der Waals surface area contributed by atoms with Crippen molar-refractivity contribution in [2.75, 3.05) is 18.6 Å². The highest BCUT2D eigenvalue weighted by atomic mass is 32.2. The second-order valence-corrected chi connectivity index (χ2v) is 4.54. The lowest BCUT2D eigenvalue weighted by atomic mass is 10.3. The second-order valence-electron chi connectivity index (χ2n) is 3.56. The third kappa shape index (κ3) is 3.35. The molecule has 0 unspecified atom stereocenters. The van der Waals surface area contributed by atoms with Gasteiger partial charge in [0.1, 0.15) is 0 Å². The van der Waals surface area contributed by atoms with Crippen molar-refractivity contribution in [3.8, 4) is 0 Å². The minimum Gasteiger partial charge on any atom is -0.331 e. The Balaban J connectivity index is 2.38. The maximum atomic E-state index is 4.16. The summed E-state index contributed by atoms with van der Waals surface area (Å²) in [7, 11) is 0. The Labute approximate surface area is 90.3 Å². The first kappa shape index (κ1) is 11.6. The van der Waals surface area contributed by atoms with Gasteiger partial charge in [0.05, 0.1) is 12.0 Å². The standard InChI is InChI=1S/C10H19N3S/c1-9(2)13-8-12-7-10(13)6-11-4-5-14-3/h7-9,11H,4-6H2,1-3H3. The largest absolute Gasteiger partial charge is 0.331 e. The number of aromatic nitrogens is 2. The van der Waals surface area contributed by atoms with E-state index in [2.05, 4.69) is 35.0 Å². The molecule has 0 bridgehead atoms. The minimum atomic E-state index is 0.495. The van der Waals surface area contributed by atoms with Crippen molar-refractivity contribution in [1.82, 2.24) is 14.9 Å². The molecule has 1 N–H and O–H groups in total. The van der Waals surface area contributed by atoms with Crippen LogP contribution in [0.4, 0.5) is 0 Å². The van der Waals surface area contributed by atoms with Crippen LogP contribution in [0.1, 0.15) is 25.6 Å². The van der Waals surface area contributed by atoms with Gasteiger partial charge in [-0.25, -0.2) is 4.98 Å². The van der Waals surface area contributed by atoms with Gasteiger partial charge in [-0.1, -0.05) is 0 Å². The number of hydrogen-bond acceptors (Lipinski definition) is 3. The number of nitrogens with zero attached hydrogens (tertiary/aromatic N) is 2. The molecule has 0 amide bonds. The Hall–Kier alpha value is -0.480. The van der Waals surface area contributed by atoms with Gasteiger partial charge in [0, 0.05) is 31.1 Å². The molecule has 3 nitrogen and oxygen atoms in total. The highest BCUT2D eigenvalue weighted by Crippen LogP contribution is 2.08. The maximum absolute atomic E-state index is 4.16. The normalized spacial score (nSPS) is 11.1. The highest BCUT2D eigenvalue weighted by molar-refractivity contribution is 7.98. The van der Waals surface area contributed by atoms with Crippen LogP contribution < -0.4 is 5.32 Å². The molecule has 0 fully saturated rings. The van der Waals surface area contributed by atoms with Gasteiger partial charge < -0.3 is 9.88 Å². The van der Waals surface area contributed by atoms with E-state index in [1.54, 1.807) is 0 Å². The first-order chi connectivity index (χ1) is 6.75. The van der Waals surface area contributed by atoms with Gasteiger partial charge >= 0.3 is 0 Å². The molecule has 80 valence electrons. The van der Waals surface area contributed by atoms with Crippen LogP contribution in [0.3, 0.4) is 0 Å². The summed E-state index contributed by atoms with van der Waals surface area (Å²) >= 11 is 1.86. The van der Waals surface area contributed by atoms with Crippen LogP contribution in [0.5, 0.6) is 0 Å². The van der Waals surface area contributed by atoms with Crippen LogP contribution >= 0.6 is 11.8 Å². The zero-order valence-electron chi connectivity index (χ0n) is 9.16. The quantitative estimate of drug-likeness (QED) is 0.732. The van der Waals surface area contributed by atoms with Crippen molar-refractivity contribution in [1.29, 1.82) is 0 Å². The summed E-state index contributed by atoms with van der Waals surface area (Å²) in [5.41, 5.74) is 1.26. The van der Waals surface area contributed by atoms with Gasteiger partial charge in [0.25, 0.3) is 0 Å². The number of nitrogens with one attached hydrogen (secondary N) is 1. The Bertz CT molecular complexity index is 258. The van der Waals surface area contributed by atoms with Crippen molar-refractivity contribution in [2.45, 2.75) is 26.4 Å². The Kier molecular flexibility index (Phi) is 5.04. The second kappa shape index (κ2) is 6.09. The molecular weight excluding hydrogens is 194 g/mol. The van der Waals surface area contributed by atoms with Crippen molar-refractivity contribution in [3.63, 3.8) is 0 Å². The van der Waals surface area contributed by atoms with Crippen LogP contribution in [0.2, 0.25) is 0 Å². The number of rotatable bonds is 6. The topological polar surface area (TPSA) is 29.9 Å². The average Bonchev–Trinajstić information content (AvgIpc) is 2.60. The van der Waals surface area contributed by atoms with Crippen molar-refractivity contribution in [2.24, 2.45) is 0 Å². The predicted octanol–water partition coefficient (Wildman–Crippen LogP) is 1.92. The van der Waals surface area contributed by atoms with E-state index in [-0.39, 0.29) is 0 Å². The van der Waals surface area contributed by atoms with Gasteiger partial charge in [-0.15, -0.1) is 0 Å². The third-order valence-corrected chi connectivity index (χ3v) is 2.70. The molecule has 0 aliphatic carbocycles. The van der Waals surface area contributed by atoms with Crippen molar-refractivity contribution < 1.29 is 0 Å². The molecular formula is C10H19N3S. The molecule has 1 aromatic rings. The molecule has 1 heterocycles. The molecule has 0 saturated carbocycles. The summed E-state index contributed by atoms with van der Waals surface area (Å²) in [6.45, 7) is 6.32. The van der Waals surface area contributed by atoms with Gasteiger partial charge in [-0.2, -0.15) is 11.8 Å². The van der Waals surface area contributed by atoms with Crippen LogP contribution in [0.15, 0.2) is 12.5 Å². The fourth-order valence-corrected chi connectivity index (χ4v) is 1.67. The average molecular weight is 213 g/mol. The zero-order chi connectivity index (χ0) is 10.4. The minimum absolute atomic E-state index is 0.495. The summed E-state index contributed by atoms with van der Waals surface area (Å²) in [4.78, 5) is 4.16. The molecule has 0 aromatic carbocycles. The molecule has 0 saturated heterocycles. The smallest absolute Gasteiger partial charge is 0.0951 e. The van der Waals surface area contributed by atoms with E-state index in [4.69, 9.17) is 0 Å². The molecule has 0 atom stereocenters. The number of imidazole rings is 1. The van der Waals surface area contributed by atoms with Crippen LogP contribution in [-0.4, -0.2) is 28.1 Å². The summed E-state index contributed by atoms with van der Waals surface area (Å²) in [6, 6.07) is 0.495. The monoisotopic (exact) mass is 213 g/mol. The first-order valence-electron chi connectivity index (χ1n) is 4.96. The van der Waals surface area contributed by atoms with Gasteiger partial charge in [-0.3, -0.25) is 0 Å². The molecule has 0 aliphatic heterocycles. The molecule has 14 heavy (non-hydrogen) atoms. The number of thioether (sulfide) groups is 1. The van der Waals surface area contributed by atoms with Crippen LogP contribution in [0, 0.1) is 0 Å². The van der Waals surface area contributed by atoms with Crippen molar-refractivity contribution >= 4 is 11.8 Å². The van der Waals surface area contributed by atoms with Crippen molar-refractivity contribution in [3.05, 3.63) is 18.2 Å².